The molecule has 7 nitrogen and oxygen atoms in total. The second-order valence-electron chi connectivity index (χ2n) is 5.10. The van der Waals surface area contributed by atoms with E-state index in [9.17, 15) is 0 Å². The molecule has 120 valence electrons. The van der Waals surface area contributed by atoms with Crippen molar-refractivity contribution in [2.75, 3.05) is 14.2 Å². The lowest BCUT2D eigenvalue weighted by Crippen LogP contribution is -1.93. The van der Waals surface area contributed by atoms with Gasteiger partial charge in [-0.25, -0.2) is 0 Å². The highest BCUT2D eigenvalue weighted by atomic mass is 16.5. The highest BCUT2D eigenvalue weighted by molar-refractivity contribution is 5.65. The molecular weight excluding hydrogens is 296 g/mol. The molecule has 2 aromatic heterocycles. The summed E-state index contributed by atoms with van der Waals surface area (Å²) in [6.45, 7) is 0. The maximum Gasteiger partial charge on any atom is 0.227 e. The molecule has 0 saturated carbocycles. The van der Waals surface area contributed by atoms with Crippen LogP contribution >= 0.6 is 0 Å². The molecule has 0 radical (unpaired) electrons. The number of aromatic nitrogens is 4. The number of hydrogen-bond acceptors (Lipinski definition) is 6. The number of aryl methyl sites for hydroxylation is 3. The first kappa shape index (κ1) is 15.1. The van der Waals surface area contributed by atoms with Crippen molar-refractivity contribution in [1.82, 2.24) is 19.9 Å². The van der Waals surface area contributed by atoms with Crippen LogP contribution in [0.5, 0.6) is 11.5 Å². The molecule has 0 aliphatic heterocycles. The van der Waals surface area contributed by atoms with Gasteiger partial charge in [0.1, 0.15) is 11.5 Å². The maximum atomic E-state index is 5.37. The average Bonchev–Trinajstić information content (AvgIpc) is 3.21. The first-order chi connectivity index (χ1) is 11.2. The Morgan fingerprint density at radius 1 is 1.17 bits per heavy atom. The van der Waals surface area contributed by atoms with Crippen molar-refractivity contribution >= 4 is 0 Å². The summed E-state index contributed by atoms with van der Waals surface area (Å²) in [7, 11) is 5.10. The molecule has 3 rings (SSSR count). The number of ether oxygens (including phenoxy) is 2. The van der Waals surface area contributed by atoms with Gasteiger partial charge in [0.05, 0.1) is 26.0 Å². The molecule has 0 aliphatic rings. The van der Waals surface area contributed by atoms with Gasteiger partial charge in [0.15, 0.2) is 0 Å². The highest BCUT2D eigenvalue weighted by Crippen LogP contribution is 2.31. The lowest BCUT2D eigenvalue weighted by molar-refractivity contribution is 0.377. The predicted molar refractivity (Wildman–Crippen MR) is 83.5 cm³/mol. The van der Waals surface area contributed by atoms with E-state index in [4.69, 9.17) is 14.0 Å². The summed E-state index contributed by atoms with van der Waals surface area (Å²) >= 11 is 0. The highest BCUT2D eigenvalue weighted by Gasteiger charge is 2.14. The van der Waals surface area contributed by atoms with E-state index in [-0.39, 0.29) is 0 Å². The minimum absolute atomic E-state index is 0.505. The Morgan fingerprint density at radius 3 is 2.74 bits per heavy atom. The van der Waals surface area contributed by atoms with Crippen LogP contribution in [0.4, 0.5) is 0 Å². The average molecular weight is 314 g/mol. The van der Waals surface area contributed by atoms with Crippen molar-refractivity contribution in [2.45, 2.75) is 12.8 Å². The van der Waals surface area contributed by atoms with Crippen molar-refractivity contribution in [1.29, 1.82) is 0 Å². The lowest BCUT2D eigenvalue weighted by atomic mass is 10.1. The fourth-order valence-electron chi connectivity index (χ4n) is 2.30. The molecule has 1 aromatic carbocycles. The van der Waals surface area contributed by atoms with E-state index >= 15 is 0 Å². The van der Waals surface area contributed by atoms with E-state index in [1.807, 2.05) is 31.6 Å². The van der Waals surface area contributed by atoms with Crippen molar-refractivity contribution in [3.05, 3.63) is 42.0 Å². The van der Waals surface area contributed by atoms with Gasteiger partial charge in [0.25, 0.3) is 0 Å². The van der Waals surface area contributed by atoms with Crippen molar-refractivity contribution in [3.63, 3.8) is 0 Å². The number of methoxy groups -OCH3 is 2. The summed E-state index contributed by atoms with van der Waals surface area (Å²) in [5, 5.41) is 8.18. The Kier molecular flexibility index (Phi) is 4.27. The zero-order valence-corrected chi connectivity index (χ0v) is 13.3. The van der Waals surface area contributed by atoms with Crippen molar-refractivity contribution in [3.8, 4) is 22.9 Å². The maximum absolute atomic E-state index is 5.37. The van der Waals surface area contributed by atoms with Gasteiger partial charge >= 0.3 is 0 Å². The molecule has 0 saturated heterocycles. The van der Waals surface area contributed by atoms with Crippen LogP contribution in [0.1, 0.15) is 11.5 Å². The second kappa shape index (κ2) is 6.51. The van der Waals surface area contributed by atoms with E-state index in [1.54, 1.807) is 25.0 Å². The van der Waals surface area contributed by atoms with Crippen LogP contribution < -0.4 is 9.47 Å². The van der Waals surface area contributed by atoms with Gasteiger partial charge < -0.3 is 14.0 Å². The smallest absolute Gasteiger partial charge is 0.227 e. The lowest BCUT2D eigenvalue weighted by Gasteiger charge is -2.07. The van der Waals surface area contributed by atoms with Crippen LogP contribution in [0.15, 0.2) is 35.1 Å². The summed E-state index contributed by atoms with van der Waals surface area (Å²) in [6.07, 6.45) is 5.28. The third kappa shape index (κ3) is 3.33. The normalized spacial score (nSPS) is 10.7. The number of hydrogen-bond donors (Lipinski definition) is 0. The quantitative estimate of drug-likeness (QED) is 0.695. The van der Waals surface area contributed by atoms with E-state index in [0.29, 0.717) is 29.6 Å². The third-order valence-corrected chi connectivity index (χ3v) is 3.50. The molecule has 0 fully saturated rings. The van der Waals surface area contributed by atoms with Crippen LogP contribution in [0.3, 0.4) is 0 Å². The summed E-state index contributed by atoms with van der Waals surface area (Å²) in [4.78, 5) is 4.44. The van der Waals surface area contributed by atoms with Gasteiger partial charge in [0.2, 0.25) is 11.7 Å². The second-order valence-corrected chi connectivity index (χ2v) is 5.10. The van der Waals surface area contributed by atoms with Gasteiger partial charge in [-0.15, -0.1) is 0 Å². The molecule has 0 atom stereocenters. The van der Waals surface area contributed by atoms with Gasteiger partial charge in [-0.1, -0.05) is 5.16 Å². The molecule has 0 unspecified atom stereocenters. The first-order valence-electron chi connectivity index (χ1n) is 7.22. The minimum atomic E-state index is 0.505. The van der Waals surface area contributed by atoms with Crippen LogP contribution in [0.25, 0.3) is 11.4 Å². The fourth-order valence-corrected chi connectivity index (χ4v) is 2.30. The predicted octanol–water partition coefficient (Wildman–Crippen LogP) is 2.27. The van der Waals surface area contributed by atoms with E-state index in [1.165, 1.54) is 0 Å². The molecule has 0 amide bonds. The summed E-state index contributed by atoms with van der Waals surface area (Å²) in [5.41, 5.74) is 1.90. The Morgan fingerprint density at radius 2 is 2.04 bits per heavy atom. The fraction of sp³-hybridized carbons (Fsp3) is 0.312. The van der Waals surface area contributed by atoms with Gasteiger partial charge in [0, 0.05) is 25.7 Å². The van der Waals surface area contributed by atoms with Crippen LogP contribution in [0.2, 0.25) is 0 Å². The molecule has 0 N–H and O–H groups in total. The third-order valence-electron chi connectivity index (χ3n) is 3.50. The monoisotopic (exact) mass is 314 g/mol. The summed E-state index contributed by atoms with van der Waals surface area (Å²) in [6, 6.07) is 5.48. The van der Waals surface area contributed by atoms with Crippen LogP contribution in [-0.2, 0) is 19.9 Å². The molecule has 0 aliphatic carbocycles. The molecule has 0 bridgehead atoms. The van der Waals surface area contributed by atoms with Gasteiger partial charge in [-0.05, 0) is 24.1 Å². The summed E-state index contributed by atoms with van der Waals surface area (Å²) in [5.74, 6) is 2.45. The van der Waals surface area contributed by atoms with Gasteiger partial charge in [-0.3, -0.25) is 4.68 Å². The number of nitrogens with zero attached hydrogens (tertiary/aromatic N) is 4. The Bertz CT molecular complexity index is 794. The summed E-state index contributed by atoms with van der Waals surface area (Å²) < 4.78 is 17.7. The van der Waals surface area contributed by atoms with E-state index in [0.717, 1.165) is 17.5 Å². The SMILES string of the molecule is COc1ccc(-c2noc(CCc3cnn(C)c3)n2)c(OC)c1. The first-order valence-corrected chi connectivity index (χ1v) is 7.22. The van der Waals surface area contributed by atoms with Crippen molar-refractivity contribution in [2.24, 2.45) is 7.05 Å². The topological polar surface area (TPSA) is 75.2 Å². The molecular formula is C16H18N4O3. The largest absolute Gasteiger partial charge is 0.497 e. The molecule has 23 heavy (non-hydrogen) atoms. The van der Waals surface area contributed by atoms with E-state index < -0.39 is 0 Å². The number of benzene rings is 1. The molecule has 3 aromatic rings. The van der Waals surface area contributed by atoms with Crippen LogP contribution in [0, 0.1) is 0 Å². The zero-order chi connectivity index (χ0) is 16.2. The van der Waals surface area contributed by atoms with Gasteiger partial charge in [-0.2, -0.15) is 10.1 Å². The standard InChI is InChI=1S/C16H18N4O3/c1-20-10-11(9-17-20)4-7-15-18-16(19-23-15)13-6-5-12(21-2)8-14(13)22-3/h5-6,8-10H,4,7H2,1-3H3. The Balaban J connectivity index is 1.76. The molecule has 2 heterocycles. The Labute approximate surface area is 133 Å². The van der Waals surface area contributed by atoms with Crippen molar-refractivity contribution < 1.29 is 14.0 Å². The minimum Gasteiger partial charge on any atom is -0.497 e. The van der Waals surface area contributed by atoms with Crippen LogP contribution in [-0.4, -0.2) is 34.1 Å². The zero-order valence-electron chi connectivity index (χ0n) is 13.3. The van der Waals surface area contributed by atoms with E-state index in [2.05, 4.69) is 15.2 Å². The molecule has 0 spiro atoms. The Hall–Kier alpha value is -2.83. The number of rotatable bonds is 6. The molecule has 7 heteroatoms.